The van der Waals surface area contributed by atoms with Crippen LogP contribution in [0.3, 0.4) is 0 Å². The van der Waals surface area contributed by atoms with Gasteiger partial charge >= 0.3 is 0 Å². The molecule has 0 unspecified atom stereocenters. The van der Waals surface area contributed by atoms with Gasteiger partial charge in [0.1, 0.15) is 0 Å². The fraction of sp³-hybridized carbons (Fsp3) is 0.250. The smallest absolute Gasteiger partial charge is 0.0928 e. The normalized spacial score (nSPS) is 11.1. The molecule has 0 aliphatic heterocycles. The number of benzene rings is 1. The van der Waals surface area contributed by atoms with Gasteiger partial charge in [-0.2, -0.15) is 0 Å². The zero-order valence-corrected chi connectivity index (χ0v) is 12.5. The molecule has 0 spiro atoms. The van der Waals surface area contributed by atoms with Crippen LogP contribution in [0.5, 0.6) is 0 Å². The van der Waals surface area contributed by atoms with E-state index in [2.05, 4.69) is 20.9 Å². The molecule has 17 heavy (non-hydrogen) atoms. The van der Waals surface area contributed by atoms with Crippen LogP contribution in [0.1, 0.15) is 18.2 Å². The van der Waals surface area contributed by atoms with Crippen LogP contribution in [0.25, 0.3) is 10.9 Å². The molecule has 0 bridgehead atoms. The number of fused-ring (bicyclic) bond motifs is 1. The quantitative estimate of drug-likeness (QED) is 0.764. The third-order valence-electron chi connectivity index (χ3n) is 2.85. The van der Waals surface area contributed by atoms with Crippen LogP contribution in [-0.4, -0.2) is 4.98 Å². The Kier molecular flexibility index (Phi) is 3.53. The molecule has 0 fully saturated rings. The molecule has 0 aliphatic rings. The minimum Gasteiger partial charge on any atom is -0.398 e. The number of rotatable bonds is 1. The number of aryl methyl sites for hydroxylation is 1. The fourth-order valence-corrected chi connectivity index (χ4v) is 2.75. The average molecular weight is 334 g/mol. The lowest BCUT2D eigenvalue weighted by atomic mass is 10.1. The van der Waals surface area contributed by atoms with Crippen LogP contribution >= 0.6 is 39.1 Å². The van der Waals surface area contributed by atoms with Crippen LogP contribution in [0.2, 0.25) is 10.0 Å². The number of nitrogens with two attached hydrogens (primary N) is 1. The lowest BCUT2D eigenvalue weighted by molar-refractivity contribution is 1.03. The molecule has 2 N–H and O–H groups in total. The number of aromatic nitrogens is 1. The summed E-state index contributed by atoms with van der Waals surface area (Å²) >= 11 is 15.7. The second-order valence-electron chi connectivity index (χ2n) is 3.83. The van der Waals surface area contributed by atoms with Gasteiger partial charge in [-0.25, -0.2) is 0 Å². The molecule has 1 aromatic heterocycles. The Morgan fingerprint density at radius 2 is 2.00 bits per heavy atom. The molecule has 0 amide bonds. The Morgan fingerprint density at radius 3 is 2.59 bits per heavy atom. The third-order valence-corrected chi connectivity index (χ3v) is 4.56. The summed E-state index contributed by atoms with van der Waals surface area (Å²) in [4.78, 5) is 4.54. The number of hydrogen-bond acceptors (Lipinski definition) is 2. The minimum absolute atomic E-state index is 0.442. The first kappa shape index (κ1) is 12.9. The first-order valence-corrected chi connectivity index (χ1v) is 6.74. The van der Waals surface area contributed by atoms with Crippen LogP contribution < -0.4 is 5.73 Å². The van der Waals surface area contributed by atoms with Crippen molar-refractivity contribution in [3.63, 3.8) is 0 Å². The van der Waals surface area contributed by atoms with Crippen molar-refractivity contribution in [2.45, 2.75) is 20.3 Å². The van der Waals surface area contributed by atoms with E-state index in [1.54, 1.807) is 0 Å². The van der Waals surface area contributed by atoms with Crippen LogP contribution in [0, 0.1) is 6.92 Å². The van der Waals surface area contributed by atoms with Crippen molar-refractivity contribution in [1.29, 1.82) is 0 Å². The standard InChI is InChI=1S/C12H11BrCl2N2/c1-3-8-5(2)11(16)6-4-7(13)9(14)10(15)12(6)17-8/h4H,3H2,1-2H3,(H2,16,17). The maximum atomic E-state index is 6.20. The maximum Gasteiger partial charge on any atom is 0.0928 e. The molecule has 2 nitrogen and oxygen atoms in total. The first-order chi connectivity index (χ1) is 7.97. The molecular formula is C12H11BrCl2N2. The van der Waals surface area contributed by atoms with E-state index in [0.717, 1.165) is 27.5 Å². The van der Waals surface area contributed by atoms with Gasteiger partial charge < -0.3 is 5.73 Å². The van der Waals surface area contributed by atoms with Crippen molar-refractivity contribution < 1.29 is 0 Å². The van der Waals surface area contributed by atoms with Crippen molar-refractivity contribution in [1.82, 2.24) is 4.98 Å². The largest absolute Gasteiger partial charge is 0.398 e. The highest BCUT2D eigenvalue weighted by Gasteiger charge is 2.15. The van der Waals surface area contributed by atoms with Gasteiger partial charge in [0.25, 0.3) is 0 Å². The number of anilines is 1. The lowest BCUT2D eigenvalue weighted by Gasteiger charge is -2.12. The molecule has 90 valence electrons. The highest BCUT2D eigenvalue weighted by Crippen LogP contribution is 2.39. The Balaban J connectivity index is 2.97. The summed E-state index contributed by atoms with van der Waals surface area (Å²) in [5.74, 6) is 0. The van der Waals surface area contributed by atoms with E-state index in [0.29, 0.717) is 21.2 Å². The molecule has 1 aromatic carbocycles. The average Bonchev–Trinajstić information content (AvgIpc) is 2.32. The molecular weight excluding hydrogens is 323 g/mol. The number of halogens is 3. The summed E-state index contributed by atoms with van der Waals surface area (Å²) < 4.78 is 0.730. The minimum atomic E-state index is 0.442. The Bertz CT molecular complexity index is 611. The number of nitrogens with zero attached hydrogens (tertiary/aromatic N) is 1. The topological polar surface area (TPSA) is 38.9 Å². The summed E-state index contributed by atoms with van der Waals surface area (Å²) in [7, 11) is 0. The van der Waals surface area contributed by atoms with Crippen molar-refractivity contribution in [3.8, 4) is 0 Å². The van der Waals surface area contributed by atoms with Gasteiger partial charge in [0, 0.05) is 21.2 Å². The van der Waals surface area contributed by atoms with Gasteiger partial charge in [-0.15, -0.1) is 0 Å². The van der Waals surface area contributed by atoms with Gasteiger partial charge in [0.15, 0.2) is 0 Å². The van der Waals surface area contributed by atoms with E-state index < -0.39 is 0 Å². The van der Waals surface area contributed by atoms with Crippen LogP contribution in [-0.2, 0) is 6.42 Å². The lowest BCUT2D eigenvalue weighted by Crippen LogP contribution is -2.00. The highest BCUT2D eigenvalue weighted by atomic mass is 79.9. The van der Waals surface area contributed by atoms with Crippen molar-refractivity contribution >= 4 is 55.7 Å². The van der Waals surface area contributed by atoms with E-state index >= 15 is 0 Å². The van der Waals surface area contributed by atoms with Crippen molar-refractivity contribution in [2.24, 2.45) is 0 Å². The van der Waals surface area contributed by atoms with Crippen LogP contribution in [0.15, 0.2) is 10.5 Å². The number of nitrogen functional groups attached to an aromatic ring is 1. The second-order valence-corrected chi connectivity index (χ2v) is 5.44. The van der Waals surface area contributed by atoms with Crippen LogP contribution in [0.4, 0.5) is 5.69 Å². The first-order valence-electron chi connectivity index (χ1n) is 5.19. The van der Waals surface area contributed by atoms with Gasteiger partial charge in [-0.1, -0.05) is 30.1 Å². The van der Waals surface area contributed by atoms with Crippen molar-refractivity contribution in [2.75, 3.05) is 5.73 Å². The van der Waals surface area contributed by atoms with Gasteiger partial charge in [-0.3, -0.25) is 4.98 Å². The Morgan fingerprint density at radius 1 is 1.35 bits per heavy atom. The van der Waals surface area contributed by atoms with Gasteiger partial charge in [-0.05, 0) is 40.9 Å². The second kappa shape index (κ2) is 4.63. The van der Waals surface area contributed by atoms with Crippen molar-refractivity contribution in [3.05, 3.63) is 31.8 Å². The van der Waals surface area contributed by atoms with Gasteiger partial charge in [0.05, 0.1) is 15.6 Å². The summed E-state index contributed by atoms with van der Waals surface area (Å²) in [5, 5.41) is 1.75. The molecule has 1 heterocycles. The predicted molar refractivity (Wildman–Crippen MR) is 78.0 cm³/mol. The summed E-state index contributed by atoms with van der Waals surface area (Å²) in [6.07, 6.45) is 0.815. The summed E-state index contributed by atoms with van der Waals surface area (Å²) in [5.41, 5.74) is 9.46. The van der Waals surface area contributed by atoms with Gasteiger partial charge in [0.2, 0.25) is 0 Å². The SMILES string of the molecule is CCc1nc2c(Cl)c(Cl)c(Br)cc2c(N)c1C. The maximum absolute atomic E-state index is 6.20. The van der Waals surface area contributed by atoms with E-state index in [1.807, 2.05) is 19.9 Å². The predicted octanol–water partition coefficient (Wildman–Crippen LogP) is 4.76. The molecule has 2 rings (SSSR count). The molecule has 0 radical (unpaired) electrons. The molecule has 2 aromatic rings. The monoisotopic (exact) mass is 332 g/mol. The Labute approximate surface area is 118 Å². The highest BCUT2D eigenvalue weighted by molar-refractivity contribution is 9.10. The van der Waals surface area contributed by atoms with E-state index in [9.17, 15) is 0 Å². The summed E-state index contributed by atoms with van der Waals surface area (Å²) in [6.45, 7) is 4.01. The van der Waals surface area contributed by atoms with E-state index in [4.69, 9.17) is 28.9 Å². The molecule has 0 saturated heterocycles. The molecule has 0 atom stereocenters. The molecule has 0 saturated carbocycles. The zero-order chi connectivity index (χ0) is 12.7. The molecule has 5 heteroatoms. The van der Waals surface area contributed by atoms with E-state index in [-0.39, 0.29) is 0 Å². The zero-order valence-electron chi connectivity index (χ0n) is 9.44. The Hall–Kier alpha value is -0.510. The third kappa shape index (κ3) is 2.01. The fourth-order valence-electron chi connectivity index (χ4n) is 1.82. The van der Waals surface area contributed by atoms with E-state index in [1.165, 1.54) is 0 Å². The number of pyridine rings is 1. The number of hydrogen-bond donors (Lipinski definition) is 1. The summed E-state index contributed by atoms with van der Waals surface area (Å²) in [6, 6.07) is 1.86. The molecule has 0 aliphatic carbocycles.